The molecule has 4 heteroatoms. The number of rotatable bonds is 2. The van der Waals surface area contributed by atoms with E-state index in [0.717, 1.165) is 22.1 Å². The summed E-state index contributed by atoms with van der Waals surface area (Å²) in [4.78, 5) is 0. The Kier molecular flexibility index (Phi) is 3.35. The predicted molar refractivity (Wildman–Crippen MR) is 67.9 cm³/mol. The van der Waals surface area contributed by atoms with E-state index in [-0.39, 0.29) is 0 Å². The van der Waals surface area contributed by atoms with Gasteiger partial charge in [-0.3, -0.25) is 0 Å². The lowest BCUT2D eigenvalue weighted by Crippen LogP contribution is -1.85. The molecule has 1 nitrogen and oxygen atoms in total. The first-order valence-corrected chi connectivity index (χ1v) is 7.53. The zero-order valence-electron chi connectivity index (χ0n) is 8.08. The molecule has 0 amide bonds. The molecule has 0 N–H and O–H groups in total. The van der Waals surface area contributed by atoms with Crippen molar-refractivity contribution in [3.05, 3.63) is 42.0 Å². The molecule has 0 heterocycles. The molecule has 0 unspecified atom stereocenters. The molecule has 78 valence electrons. The highest BCUT2D eigenvalue weighted by molar-refractivity contribution is 8.00. The van der Waals surface area contributed by atoms with Crippen LogP contribution in [0.1, 0.15) is 5.56 Å². The first-order valence-electron chi connectivity index (χ1n) is 4.46. The average Bonchev–Trinajstić information content (AvgIpc) is 2.22. The highest BCUT2D eigenvalue weighted by atomic mass is 35.9. The van der Waals surface area contributed by atoms with Crippen molar-refractivity contribution in [3.8, 4) is 5.75 Å². The minimum absolute atomic E-state index is 0.782. The van der Waals surface area contributed by atoms with Crippen LogP contribution in [0.15, 0.2) is 36.4 Å². The lowest BCUT2D eigenvalue weighted by atomic mass is 10.1. The Morgan fingerprint density at radius 2 is 1.80 bits per heavy atom. The number of halogens is 2. The van der Waals surface area contributed by atoms with Gasteiger partial charge < -0.3 is 4.52 Å². The summed E-state index contributed by atoms with van der Waals surface area (Å²) < 4.78 is 5.45. The molecule has 0 saturated carbocycles. The van der Waals surface area contributed by atoms with Crippen LogP contribution in [0.2, 0.25) is 0 Å². The Bertz CT molecular complexity index is 485. The van der Waals surface area contributed by atoms with Gasteiger partial charge in [-0.15, -0.1) is 0 Å². The SMILES string of the molecule is Cc1ccc2ccccc2c1OP(Cl)Cl. The Balaban J connectivity index is 2.63. The minimum Gasteiger partial charge on any atom is -0.444 e. The van der Waals surface area contributed by atoms with E-state index < -0.39 is 6.85 Å². The van der Waals surface area contributed by atoms with Crippen LogP contribution in [0.3, 0.4) is 0 Å². The summed E-state index contributed by atoms with van der Waals surface area (Å²) >= 11 is 11.4. The first-order chi connectivity index (χ1) is 7.18. The molecular formula is C11H9Cl2OP. The topological polar surface area (TPSA) is 9.23 Å². The van der Waals surface area contributed by atoms with Crippen LogP contribution in [-0.2, 0) is 0 Å². The molecule has 15 heavy (non-hydrogen) atoms. The maximum Gasteiger partial charge on any atom is 0.284 e. The number of hydrogen-bond donors (Lipinski definition) is 0. The predicted octanol–water partition coefficient (Wildman–Crippen LogP) is 5.23. The number of hydrogen-bond acceptors (Lipinski definition) is 1. The largest absolute Gasteiger partial charge is 0.444 e. The molecule has 0 aromatic heterocycles. The third-order valence-corrected chi connectivity index (χ3v) is 2.97. The van der Waals surface area contributed by atoms with Crippen molar-refractivity contribution >= 4 is 40.1 Å². The molecule has 0 aliphatic carbocycles. The Hall–Kier alpha value is -0.490. The number of benzene rings is 2. The molecule has 0 aliphatic heterocycles. The van der Waals surface area contributed by atoms with Crippen LogP contribution in [0.25, 0.3) is 10.8 Å². The standard InChI is InChI=1S/C11H9Cl2OP/c1-8-6-7-9-4-2-3-5-10(9)11(8)14-15(12)13/h2-7H,1H3. The van der Waals surface area contributed by atoms with Gasteiger partial charge in [-0.25, -0.2) is 0 Å². The summed E-state index contributed by atoms with van der Waals surface area (Å²) in [5, 5.41) is 2.18. The van der Waals surface area contributed by atoms with Crippen molar-refractivity contribution in [1.82, 2.24) is 0 Å². The highest BCUT2D eigenvalue weighted by Gasteiger charge is 2.09. The quantitative estimate of drug-likeness (QED) is 0.671. The fourth-order valence-corrected chi connectivity index (χ4v) is 2.34. The van der Waals surface area contributed by atoms with Gasteiger partial charge in [-0.1, -0.05) is 36.4 Å². The van der Waals surface area contributed by atoms with Crippen molar-refractivity contribution in [2.75, 3.05) is 0 Å². The van der Waals surface area contributed by atoms with Gasteiger partial charge in [0.25, 0.3) is 6.85 Å². The van der Waals surface area contributed by atoms with E-state index in [1.54, 1.807) is 0 Å². The first kappa shape index (κ1) is 11.0. The summed E-state index contributed by atoms with van der Waals surface area (Å²) in [6.07, 6.45) is 0. The van der Waals surface area contributed by atoms with Crippen LogP contribution >= 0.6 is 29.3 Å². The molecule has 0 spiro atoms. The van der Waals surface area contributed by atoms with Crippen LogP contribution < -0.4 is 4.52 Å². The van der Waals surface area contributed by atoms with Crippen LogP contribution in [0.4, 0.5) is 0 Å². The zero-order valence-corrected chi connectivity index (χ0v) is 10.5. The van der Waals surface area contributed by atoms with E-state index in [0.29, 0.717) is 0 Å². The van der Waals surface area contributed by atoms with Gasteiger partial charge in [0.1, 0.15) is 5.75 Å². The molecule has 0 atom stereocenters. The normalized spacial score (nSPS) is 10.9. The second kappa shape index (κ2) is 4.57. The summed E-state index contributed by atoms with van der Waals surface area (Å²) in [7, 11) is 0. The summed E-state index contributed by atoms with van der Waals surface area (Å²) in [5.74, 6) is 0.782. The van der Waals surface area contributed by atoms with Gasteiger partial charge in [0.2, 0.25) is 0 Å². The van der Waals surface area contributed by atoms with Crippen molar-refractivity contribution < 1.29 is 4.52 Å². The third kappa shape index (κ3) is 2.36. The lowest BCUT2D eigenvalue weighted by Gasteiger charge is -2.11. The van der Waals surface area contributed by atoms with E-state index >= 15 is 0 Å². The van der Waals surface area contributed by atoms with Gasteiger partial charge in [0.15, 0.2) is 0 Å². The molecular weight excluding hydrogens is 250 g/mol. The third-order valence-electron chi connectivity index (χ3n) is 2.24. The number of aryl methyl sites for hydroxylation is 1. The highest BCUT2D eigenvalue weighted by Crippen LogP contribution is 2.50. The molecule has 2 rings (SSSR count). The van der Waals surface area contributed by atoms with Gasteiger partial charge in [0, 0.05) is 5.39 Å². The van der Waals surface area contributed by atoms with Crippen LogP contribution in [-0.4, -0.2) is 0 Å². The average molecular weight is 259 g/mol. The maximum atomic E-state index is 5.69. The lowest BCUT2D eigenvalue weighted by molar-refractivity contribution is 0.639. The van der Waals surface area contributed by atoms with E-state index in [4.69, 9.17) is 27.0 Å². The number of fused-ring (bicyclic) bond motifs is 1. The van der Waals surface area contributed by atoms with E-state index in [1.807, 2.05) is 37.3 Å². The summed E-state index contributed by atoms with van der Waals surface area (Å²) in [6, 6.07) is 12.1. The van der Waals surface area contributed by atoms with Gasteiger partial charge in [-0.05, 0) is 40.4 Å². The Morgan fingerprint density at radius 3 is 2.53 bits per heavy atom. The molecule has 0 radical (unpaired) electrons. The molecule has 0 aliphatic rings. The second-order valence-corrected chi connectivity index (χ2v) is 6.17. The minimum atomic E-state index is -1.42. The van der Waals surface area contributed by atoms with Crippen molar-refractivity contribution in [3.63, 3.8) is 0 Å². The maximum absolute atomic E-state index is 5.69. The fraction of sp³-hybridized carbons (Fsp3) is 0.0909. The molecule has 0 saturated heterocycles. The molecule has 0 bridgehead atoms. The molecule has 0 fully saturated rings. The van der Waals surface area contributed by atoms with Crippen LogP contribution in [0.5, 0.6) is 5.75 Å². The van der Waals surface area contributed by atoms with Crippen molar-refractivity contribution in [1.29, 1.82) is 0 Å². The van der Waals surface area contributed by atoms with Crippen LogP contribution in [0, 0.1) is 6.92 Å². The van der Waals surface area contributed by atoms with Gasteiger partial charge in [0.05, 0.1) is 0 Å². The second-order valence-electron chi connectivity index (χ2n) is 3.23. The van der Waals surface area contributed by atoms with Gasteiger partial charge >= 0.3 is 0 Å². The van der Waals surface area contributed by atoms with Gasteiger partial charge in [-0.2, -0.15) is 0 Å². The fourth-order valence-electron chi connectivity index (χ4n) is 1.54. The zero-order chi connectivity index (χ0) is 10.8. The van der Waals surface area contributed by atoms with Crippen molar-refractivity contribution in [2.45, 2.75) is 6.92 Å². The van der Waals surface area contributed by atoms with E-state index in [9.17, 15) is 0 Å². The molecule has 2 aromatic rings. The summed E-state index contributed by atoms with van der Waals surface area (Å²) in [5.41, 5.74) is 1.04. The monoisotopic (exact) mass is 258 g/mol. The smallest absolute Gasteiger partial charge is 0.284 e. The van der Waals surface area contributed by atoms with E-state index in [1.165, 1.54) is 0 Å². The van der Waals surface area contributed by atoms with Crippen molar-refractivity contribution in [2.24, 2.45) is 0 Å². The molecule has 2 aromatic carbocycles. The van der Waals surface area contributed by atoms with E-state index in [2.05, 4.69) is 6.07 Å². The Morgan fingerprint density at radius 1 is 1.07 bits per heavy atom. The summed E-state index contributed by atoms with van der Waals surface area (Å²) in [6.45, 7) is 0.559. The Labute approximate surface area is 99.4 Å².